The van der Waals surface area contributed by atoms with E-state index in [-0.39, 0.29) is 47.4 Å². The molecular weight excluding hydrogens is 590 g/mol. The number of carboxylic acid groups (broad SMARTS) is 1. The number of carboxylic acids is 1. The Morgan fingerprint density at radius 2 is 1.09 bits per heavy atom. The maximum Gasteiger partial charge on any atom is 0.326 e. The van der Waals surface area contributed by atoms with Crippen LogP contribution in [0.15, 0.2) is 0 Å². The highest BCUT2D eigenvalue weighted by Crippen LogP contribution is 2.30. The Balaban J connectivity index is 4.35. The number of Topliss-reactive ketones (excluding diaryl/α,β-unsaturated/α-hetero) is 1. The molecule has 0 aliphatic rings. The topological polar surface area (TPSA) is 125 Å². The van der Waals surface area contributed by atoms with Gasteiger partial charge in [0.25, 0.3) is 0 Å². The number of hydrogen-bond donors (Lipinski definition) is 4. The lowest BCUT2D eigenvalue weighted by molar-refractivity contribution is -0.142. The first-order chi connectivity index (χ1) is 22.4. The van der Waals surface area contributed by atoms with Crippen LogP contribution in [0.4, 0.5) is 0 Å². The van der Waals surface area contributed by atoms with Crippen LogP contribution in [-0.4, -0.2) is 52.8 Å². The normalized spacial score (nSPS) is 13.3. The molecule has 0 aliphatic heterocycles. The molecule has 276 valence electrons. The third-order valence-corrected chi connectivity index (χ3v) is 10.6. The van der Waals surface area contributed by atoms with Crippen LogP contribution in [0.25, 0.3) is 0 Å². The van der Waals surface area contributed by atoms with Gasteiger partial charge in [0.2, 0.25) is 11.8 Å². The van der Waals surface area contributed by atoms with Crippen LogP contribution in [0.3, 0.4) is 0 Å². The van der Waals surface area contributed by atoms with E-state index < -0.39 is 12.0 Å². The molecule has 0 bridgehead atoms. The SMILES string of the molecule is CCCCCCCCCCCCCCCC(=O)NC(CCC(=O)NCCCCC(NC(C)(CC)CC)C(=O)C(C)(CC)CC)C(=O)O. The molecule has 8 heteroatoms. The highest BCUT2D eigenvalue weighted by molar-refractivity contribution is 5.89. The lowest BCUT2D eigenvalue weighted by Gasteiger charge is -2.37. The van der Waals surface area contributed by atoms with E-state index in [0.717, 1.165) is 57.8 Å². The van der Waals surface area contributed by atoms with Gasteiger partial charge in [-0.25, -0.2) is 4.79 Å². The minimum atomic E-state index is -1.11. The molecule has 0 aromatic carbocycles. The number of nitrogens with one attached hydrogen (secondary N) is 3. The fourth-order valence-corrected chi connectivity index (χ4v) is 6.05. The van der Waals surface area contributed by atoms with E-state index in [1.165, 1.54) is 64.2 Å². The van der Waals surface area contributed by atoms with E-state index in [1.807, 2.05) is 0 Å². The van der Waals surface area contributed by atoms with E-state index in [9.17, 15) is 24.3 Å². The van der Waals surface area contributed by atoms with Gasteiger partial charge in [-0.1, -0.05) is 119 Å². The molecular formula is C39H75N3O5. The Morgan fingerprint density at radius 3 is 1.55 bits per heavy atom. The largest absolute Gasteiger partial charge is 0.480 e. The summed E-state index contributed by atoms with van der Waals surface area (Å²) in [7, 11) is 0. The molecule has 0 saturated carbocycles. The number of ketones is 1. The smallest absolute Gasteiger partial charge is 0.326 e. The monoisotopic (exact) mass is 666 g/mol. The second kappa shape index (κ2) is 26.9. The first-order valence-electron chi connectivity index (χ1n) is 19.5. The highest BCUT2D eigenvalue weighted by atomic mass is 16.4. The molecule has 8 nitrogen and oxygen atoms in total. The summed E-state index contributed by atoms with van der Waals surface area (Å²) in [4.78, 5) is 50.1. The van der Waals surface area contributed by atoms with Crippen LogP contribution >= 0.6 is 0 Å². The maximum atomic E-state index is 13.5. The van der Waals surface area contributed by atoms with Crippen LogP contribution in [0, 0.1) is 5.41 Å². The van der Waals surface area contributed by atoms with Crippen molar-refractivity contribution in [2.24, 2.45) is 5.41 Å². The van der Waals surface area contributed by atoms with Gasteiger partial charge in [-0.15, -0.1) is 0 Å². The predicted octanol–water partition coefficient (Wildman–Crippen LogP) is 9.04. The number of aliphatic carboxylic acids is 1. The van der Waals surface area contributed by atoms with Crippen molar-refractivity contribution in [2.45, 2.75) is 214 Å². The van der Waals surface area contributed by atoms with Gasteiger partial charge >= 0.3 is 5.97 Å². The van der Waals surface area contributed by atoms with E-state index >= 15 is 0 Å². The molecule has 0 heterocycles. The van der Waals surface area contributed by atoms with Crippen LogP contribution in [0.1, 0.15) is 196 Å². The summed E-state index contributed by atoms with van der Waals surface area (Å²) in [5.74, 6) is -1.32. The molecule has 4 N–H and O–H groups in total. The minimum absolute atomic E-state index is 0.0371. The van der Waals surface area contributed by atoms with Gasteiger partial charge in [0.1, 0.15) is 6.04 Å². The third kappa shape index (κ3) is 20.9. The van der Waals surface area contributed by atoms with Crippen molar-refractivity contribution < 1.29 is 24.3 Å². The summed E-state index contributed by atoms with van der Waals surface area (Å²) in [6, 6.07) is -1.29. The van der Waals surface area contributed by atoms with Gasteiger partial charge in [0.15, 0.2) is 5.78 Å². The standard InChI is InChI=1S/C39H75N3O5/c1-8-13-14-15-16-17-18-19-20-21-22-23-24-28-35(44)41-33(37(46)47)29-30-34(43)40-31-26-25-27-32(42-39(7,11-4)12-5)36(45)38(6,9-2)10-3/h32-33,42H,8-31H2,1-7H3,(H,40,43)(H,41,44)(H,46,47). The molecule has 0 spiro atoms. The van der Waals surface area contributed by atoms with Crippen molar-refractivity contribution in [3.05, 3.63) is 0 Å². The van der Waals surface area contributed by atoms with Crippen molar-refractivity contribution in [3.8, 4) is 0 Å². The zero-order valence-corrected chi connectivity index (χ0v) is 31.7. The van der Waals surface area contributed by atoms with Gasteiger partial charge < -0.3 is 21.1 Å². The van der Waals surface area contributed by atoms with Crippen LogP contribution < -0.4 is 16.0 Å². The second-order valence-electron chi connectivity index (χ2n) is 14.4. The number of amides is 2. The molecule has 0 radical (unpaired) electrons. The summed E-state index contributed by atoms with van der Waals surface area (Å²) < 4.78 is 0. The average molecular weight is 666 g/mol. The zero-order valence-electron chi connectivity index (χ0n) is 31.7. The summed E-state index contributed by atoms with van der Waals surface area (Å²) >= 11 is 0. The number of carbonyl (C=O) groups excluding carboxylic acids is 3. The minimum Gasteiger partial charge on any atom is -0.480 e. The molecule has 2 atom stereocenters. The molecule has 0 fully saturated rings. The van der Waals surface area contributed by atoms with Crippen molar-refractivity contribution >= 4 is 23.6 Å². The van der Waals surface area contributed by atoms with Gasteiger partial charge in [0, 0.05) is 30.3 Å². The maximum absolute atomic E-state index is 13.5. The van der Waals surface area contributed by atoms with Gasteiger partial charge in [0.05, 0.1) is 6.04 Å². The van der Waals surface area contributed by atoms with E-state index in [2.05, 4.69) is 64.4 Å². The number of unbranched alkanes of at least 4 members (excludes halogenated alkanes) is 13. The molecule has 0 aromatic rings. The van der Waals surface area contributed by atoms with E-state index in [0.29, 0.717) is 19.4 Å². The molecule has 0 aromatic heterocycles. The quantitative estimate of drug-likeness (QED) is 0.0532. The fraction of sp³-hybridized carbons (Fsp3) is 0.897. The molecule has 0 aliphatic carbocycles. The lowest BCUT2D eigenvalue weighted by atomic mass is 9.76. The number of hydrogen-bond acceptors (Lipinski definition) is 5. The molecule has 2 amide bonds. The Hall–Kier alpha value is -1.96. The highest BCUT2D eigenvalue weighted by Gasteiger charge is 2.37. The van der Waals surface area contributed by atoms with Crippen LogP contribution in [0.2, 0.25) is 0 Å². The Bertz CT molecular complexity index is 854. The average Bonchev–Trinajstić information content (AvgIpc) is 3.06. The third-order valence-electron chi connectivity index (χ3n) is 10.6. The van der Waals surface area contributed by atoms with E-state index in [4.69, 9.17) is 0 Å². The Kier molecular flexibility index (Phi) is 25.8. The second-order valence-corrected chi connectivity index (χ2v) is 14.4. The Labute approximate surface area is 289 Å². The zero-order chi connectivity index (χ0) is 35.6. The van der Waals surface area contributed by atoms with Gasteiger partial charge in [-0.2, -0.15) is 0 Å². The van der Waals surface area contributed by atoms with Crippen molar-refractivity contribution in [2.75, 3.05) is 6.54 Å². The van der Waals surface area contributed by atoms with Crippen molar-refractivity contribution in [1.29, 1.82) is 0 Å². The van der Waals surface area contributed by atoms with Gasteiger partial charge in [-0.05, 0) is 64.7 Å². The summed E-state index contributed by atoms with van der Waals surface area (Å²) in [6.45, 7) is 15.4. The lowest BCUT2D eigenvalue weighted by Crippen LogP contribution is -2.53. The number of rotatable bonds is 32. The first-order valence-corrected chi connectivity index (χ1v) is 19.5. The fourth-order valence-electron chi connectivity index (χ4n) is 6.05. The summed E-state index contributed by atoms with van der Waals surface area (Å²) in [5, 5.41) is 18.8. The molecule has 0 rings (SSSR count). The first kappa shape index (κ1) is 45.0. The summed E-state index contributed by atoms with van der Waals surface area (Å²) in [5.41, 5.74) is -0.448. The molecule has 47 heavy (non-hydrogen) atoms. The predicted molar refractivity (Wildman–Crippen MR) is 196 cm³/mol. The summed E-state index contributed by atoms with van der Waals surface area (Å²) in [6.07, 6.45) is 22.1. The van der Waals surface area contributed by atoms with Crippen molar-refractivity contribution in [3.63, 3.8) is 0 Å². The van der Waals surface area contributed by atoms with Crippen LogP contribution in [-0.2, 0) is 19.2 Å². The molecule has 0 saturated heterocycles. The van der Waals surface area contributed by atoms with Gasteiger partial charge in [-0.3, -0.25) is 14.4 Å². The van der Waals surface area contributed by atoms with E-state index in [1.54, 1.807) is 0 Å². The molecule has 2 unspecified atom stereocenters. The van der Waals surface area contributed by atoms with Crippen molar-refractivity contribution in [1.82, 2.24) is 16.0 Å². The van der Waals surface area contributed by atoms with Crippen LogP contribution in [0.5, 0.6) is 0 Å². The Morgan fingerprint density at radius 1 is 0.574 bits per heavy atom. The number of carbonyl (C=O) groups is 4.